The van der Waals surface area contributed by atoms with E-state index in [4.69, 9.17) is 0 Å². The van der Waals surface area contributed by atoms with Crippen molar-refractivity contribution in [2.24, 2.45) is 5.41 Å². The number of nitrogens with one attached hydrogen (secondary N) is 1. The number of amides is 1. The highest BCUT2D eigenvalue weighted by atomic mass is 16.4. The highest BCUT2D eigenvalue weighted by molar-refractivity contribution is 5.85. The first-order valence-corrected chi connectivity index (χ1v) is 5.71. The lowest BCUT2D eigenvalue weighted by molar-refractivity contribution is -0.152. The molecule has 0 bridgehead atoms. The average molecular weight is 229 g/mol. The predicted octanol–water partition coefficient (Wildman–Crippen LogP) is 2.18. The van der Waals surface area contributed by atoms with E-state index in [-0.39, 0.29) is 17.9 Å². The van der Waals surface area contributed by atoms with Gasteiger partial charge in [-0.1, -0.05) is 13.8 Å². The summed E-state index contributed by atoms with van der Waals surface area (Å²) < 4.78 is 0. The van der Waals surface area contributed by atoms with Crippen LogP contribution in [0.3, 0.4) is 0 Å². The molecule has 0 saturated heterocycles. The minimum Gasteiger partial charge on any atom is -0.481 e. The van der Waals surface area contributed by atoms with Gasteiger partial charge in [0.25, 0.3) is 0 Å². The van der Waals surface area contributed by atoms with E-state index in [0.717, 1.165) is 0 Å². The summed E-state index contributed by atoms with van der Waals surface area (Å²) in [6, 6.07) is 0. The maximum absolute atomic E-state index is 11.7. The second-order valence-electron chi connectivity index (χ2n) is 5.27. The number of carbonyl (C=O) groups excluding carboxylic acids is 1. The number of aliphatic carboxylic acids is 1. The van der Waals surface area contributed by atoms with Crippen LogP contribution in [-0.4, -0.2) is 22.5 Å². The molecule has 0 aliphatic carbocycles. The zero-order chi connectivity index (χ0) is 13.0. The van der Waals surface area contributed by atoms with Crippen LogP contribution in [0.1, 0.15) is 53.9 Å². The summed E-state index contributed by atoms with van der Waals surface area (Å²) in [6.07, 6.45) is 0.986. The second kappa shape index (κ2) is 5.32. The Labute approximate surface area is 97.4 Å². The summed E-state index contributed by atoms with van der Waals surface area (Å²) in [5.74, 6) is -1.08. The van der Waals surface area contributed by atoms with Crippen LogP contribution in [0.25, 0.3) is 0 Å². The third kappa shape index (κ3) is 4.21. The molecule has 4 heteroatoms. The number of rotatable bonds is 5. The lowest BCUT2D eigenvalue weighted by Crippen LogP contribution is -2.44. The Balaban J connectivity index is 4.66. The minimum absolute atomic E-state index is 0.0482. The molecule has 0 radical (unpaired) electrons. The van der Waals surface area contributed by atoms with Crippen molar-refractivity contribution in [3.05, 3.63) is 0 Å². The van der Waals surface area contributed by atoms with E-state index in [1.807, 2.05) is 34.6 Å². The average Bonchev–Trinajstić information content (AvgIpc) is 2.10. The first-order valence-electron chi connectivity index (χ1n) is 5.71. The molecule has 4 nitrogen and oxygen atoms in total. The number of carboxylic acid groups (broad SMARTS) is 1. The molecule has 0 rings (SSSR count). The molecule has 0 unspecified atom stereocenters. The summed E-state index contributed by atoms with van der Waals surface area (Å²) in [5.41, 5.74) is -1.24. The largest absolute Gasteiger partial charge is 0.481 e. The Morgan fingerprint density at radius 3 is 1.81 bits per heavy atom. The molecule has 0 aromatic carbocycles. The van der Waals surface area contributed by atoms with Crippen molar-refractivity contribution in [3.63, 3.8) is 0 Å². The van der Waals surface area contributed by atoms with E-state index in [1.165, 1.54) is 0 Å². The third-order valence-electron chi connectivity index (χ3n) is 2.82. The zero-order valence-electron chi connectivity index (χ0n) is 10.9. The number of carboxylic acids is 1. The Bertz CT molecular complexity index is 262. The lowest BCUT2D eigenvalue weighted by Gasteiger charge is -2.28. The summed E-state index contributed by atoms with van der Waals surface area (Å²) >= 11 is 0. The van der Waals surface area contributed by atoms with Crippen LogP contribution in [0.5, 0.6) is 0 Å². The summed E-state index contributed by atoms with van der Waals surface area (Å²) in [7, 11) is 0. The van der Waals surface area contributed by atoms with E-state index in [2.05, 4.69) is 5.32 Å². The molecule has 0 aliphatic rings. The van der Waals surface area contributed by atoms with Crippen molar-refractivity contribution in [2.75, 3.05) is 0 Å². The van der Waals surface area contributed by atoms with Gasteiger partial charge in [0.05, 0.1) is 5.41 Å². The van der Waals surface area contributed by atoms with E-state index >= 15 is 0 Å². The van der Waals surface area contributed by atoms with Crippen molar-refractivity contribution >= 4 is 11.9 Å². The van der Waals surface area contributed by atoms with Gasteiger partial charge in [-0.05, 0) is 33.6 Å². The number of hydrogen-bond donors (Lipinski definition) is 2. The highest BCUT2D eigenvalue weighted by Crippen LogP contribution is 2.31. The van der Waals surface area contributed by atoms with E-state index in [0.29, 0.717) is 12.8 Å². The van der Waals surface area contributed by atoms with Crippen LogP contribution in [0.15, 0.2) is 0 Å². The fourth-order valence-corrected chi connectivity index (χ4v) is 1.65. The predicted molar refractivity (Wildman–Crippen MR) is 63.2 cm³/mol. The van der Waals surface area contributed by atoms with Gasteiger partial charge in [0, 0.05) is 12.0 Å². The van der Waals surface area contributed by atoms with Crippen LogP contribution >= 0.6 is 0 Å². The fourth-order valence-electron chi connectivity index (χ4n) is 1.65. The van der Waals surface area contributed by atoms with Gasteiger partial charge in [0.15, 0.2) is 0 Å². The van der Waals surface area contributed by atoms with Gasteiger partial charge in [0.1, 0.15) is 0 Å². The standard InChI is InChI=1S/C12H23NO3/c1-6-12(7-2,10(15)16)8-9(14)13-11(3,4)5/h6-8H2,1-5H3,(H,13,14)(H,15,16). The lowest BCUT2D eigenvalue weighted by atomic mass is 9.79. The van der Waals surface area contributed by atoms with Crippen LogP contribution < -0.4 is 5.32 Å². The van der Waals surface area contributed by atoms with Crippen molar-refractivity contribution < 1.29 is 14.7 Å². The van der Waals surface area contributed by atoms with Crippen LogP contribution in [-0.2, 0) is 9.59 Å². The second-order valence-corrected chi connectivity index (χ2v) is 5.27. The van der Waals surface area contributed by atoms with Crippen LogP contribution in [0.2, 0.25) is 0 Å². The summed E-state index contributed by atoms with van der Waals surface area (Å²) in [6.45, 7) is 9.26. The Morgan fingerprint density at radius 2 is 1.56 bits per heavy atom. The van der Waals surface area contributed by atoms with E-state index in [9.17, 15) is 14.7 Å². The van der Waals surface area contributed by atoms with Gasteiger partial charge < -0.3 is 10.4 Å². The van der Waals surface area contributed by atoms with E-state index in [1.54, 1.807) is 0 Å². The zero-order valence-corrected chi connectivity index (χ0v) is 10.9. The van der Waals surface area contributed by atoms with Gasteiger partial charge in [-0.2, -0.15) is 0 Å². The molecule has 0 fully saturated rings. The molecule has 0 spiro atoms. The van der Waals surface area contributed by atoms with Gasteiger partial charge in [-0.3, -0.25) is 9.59 Å². The Morgan fingerprint density at radius 1 is 1.12 bits per heavy atom. The molecule has 2 N–H and O–H groups in total. The molecule has 1 amide bonds. The van der Waals surface area contributed by atoms with E-state index < -0.39 is 11.4 Å². The van der Waals surface area contributed by atoms with Crippen molar-refractivity contribution in [1.82, 2.24) is 5.32 Å². The molecular formula is C12H23NO3. The van der Waals surface area contributed by atoms with Gasteiger partial charge >= 0.3 is 5.97 Å². The first kappa shape index (κ1) is 14.9. The molecule has 0 saturated carbocycles. The molecule has 0 aliphatic heterocycles. The normalized spacial score (nSPS) is 12.3. The first-order chi connectivity index (χ1) is 7.17. The number of carbonyl (C=O) groups is 2. The molecule has 94 valence electrons. The van der Waals surface area contributed by atoms with Gasteiger partial charge in [0.2, 0.25) is 5.91 Å². The molecule has 0 aromatic heterocycles. The van der Waals surface area contributed by atoms with Crippen molar-refractivity contribution in [3.8, 4) is 0 Å². The Hall–Kier alpha value is -1.06. The SMILES string of the molecule is CCC(CC)(CC(=O)NC(C)(C)C)C(=O)O. The number of hydrogen-bond acceptors (Lipinski definition) is 2. The van der Waals surface area contributed by atoms with Gasteiger partial charge in [-0.15, -0.1) is 0 Å². The smallest absolute Gasteiger partial charge is 0.310 e. The third-order valence-corrected chi connectivity index (χ3v) is 2.82. The monoisotopic (exact) mass is 229 g/mol. The fraction of sp³-hybridized carbons (Fsp3) is 0.833. The molecular weight excluding hydrogens is 206 g/mol. The summed E-state index contributed by atoms with van der Waals surface area (Å²) in [5, 5.41) is 12.0. The maximum Gasteiger partial charge on any atom is 0.310 e. The molecule has 0 heterocycles. The van der Waals surface area contributed by atoms with Crippen molar-refractivity contribution in [1.29, 1.82) is 0 Å². The van der Waals surface area contributed by atoms with Crippen LogP contribution in [0, 0.1) is 5.41 Å². The van der Waals surface area contributed by atoms with Crippen LogP contribution in [0.4, 0.5) is 0 Å². The molecule has 16 heavy (non-hydrogen) atoms. The topological polar surface area (TPSA) is 66.4 Å². The maximum atomic E-state index is 11.7. The van der Waals surface area contributed by atoms with Gasteiger partial charge in [-0.25, -0.2) is 0 Å². The summed E-state index contributed by atoms with van der Waals surface area (Å²) in [4.78, 5) is 22.9. The quantitative estimate of drug-likeness (QED) is 0.759. The minimum atomic E-state index is -0.921. The molecule has 0 aromatic rings. The molecule has 0 atom stereocenters. The Kier molecular flexibility index (Phi) is 4.97. The highest BCUT2D eigenvalue weighted by Gasteiger charge is 2.37. The van der Waals surface area contributed by atoms with Crippen molar-refractivity contribution in [2.45, 2.75) is 59.4 Å².